The topological polar surface area (TPSA) is 59.4 Å². The second-order valence-electron chi connectivity index (χ2n) is 5.26. The number of benzene rings is 2. The molecule has 0 spiro atoms. The molecule has 0 fully saturated rings. The molecule has 0 amide bonds. The van der Waals surface area contributed by atoms with Crippen molar-refractivity contribution in [2.75, 3.05) is 0 Å². The standard InChI is InChI=1S/C18H15NO3S2/c20-16(21)10-13(17-19-14-8-4-5-9-15(14)24-17)18(23)22-11-12-6-2-1-3-7-12/h1-9,13H,10-11H2,(H,20,21). The van der Waals surface area contributed by atoms with Gasteiger partial charge in [0.2, 0.25) is 0 Å². The highest BCUT2D eigenvalue weighted by Crippen LogP contribution is 2.31. The molecule has 3 aromatic rings. The minimum absolute atomic E-state index is 0.132. The number of aliphatic carboxylic acids is 1. The summed E-state index contributed by atoms with van der Waals surface area (Å²) in [5.41, 5.74) is 1.83. The first-order chi connectivity index (χ1) is 11.6. The number of fused-ring (bicyclic) bond motifs is 1. The van der Waals surface area contributed by atoms with E-state index in [4.69, 9.17) is 17.0 Å². The number of thiocarbonyl (C=S) groups is 1. The molecule has 4 nitrogen and oxygen atoms in total. The van der Waals surface area contributed by atoms with Crippen LogP contribution >= 0.6 is 23.6 Å². The largest absolute Gasteiger partial charge is 0.482 e. The highest BCUT2D eigenvalue weighted by atomic mass is 32.1. The number of nitrogens with zero attached hydrogens (tertiary/aromatic N) is 1. The molecule has 2 aromatic carbocycles. The third-order valence-corrected chi connectivity index (χ3v) is 5.05. The second kappa shape index (κ2) is 7.51. The summed E-state index contributed by atoms with van der Waals surface area (Å²) in [5.74, 6) is -1.46. The van der Waals surface area contributed by atoms with Crippen molar-refractivity contribution in [3.63, 3.8) is 0 Å². The molecular formula is C18H15NO3S2. The number of hydrogen-bond donors (Lipinski definition) is 1. The first kappa shape index (κ1) is 16.5. The molecular weight excluding hydrogens is 342 g/mol. The van der Waals surface area contributed by atoms with Crippen LogP contribution in [-0.2, 0) is 16.1 Å². The van der Waals surface area contributed by atoms with Crippen LogP contribution in [0.1, 0.15) is 22.9 Å². The Bertz CT molecular complexity index is 828. The van der Waals surface area contributed by atoms with Crippen molar-refractivity contribution in [1.82, 2.24) is 4.98 Å². The number of thiazole rings is 1. The monoisotopic (exact) mass is 357 g/mol. The molecule has 6 heteroatoms. The van der Waals surface area contributed by atoms with E-state index in [-0.39, 0.29) is 11.5 Å². The lowest BCUT2D eigenvalue weighted by Crippen LogP contribution is -2.17. The lowest BCUT2D eigenvalue weighted by Gasteiger charge is -2.15. The number of para-hydroxylation sites is 1. The number of ether oxygens (including phenoxy) is 1. The van der Waals surface area contributed by atoms with Crippen LogP contribution in [0.4, 0.5) is 0 Å². The summed E-state index contributed by atoms with van der Waals surface area (Å²) in [6.45, 7) is 0.320. The van der Waals surface area contributed by atoms with Gasteiger partial charge in [0.1, 0.15) is 11.6 Å². The molecule has 0 aliphatic carbocycles. The Morgan fingerprint density at radius 3 is 2.58 bits per heavy atom. The predicted molar refractivity (Wildman–Crippen MR) is 98.4 cm³/mol. The number of hydrogen-bond acceptors (Lipinski definition) is 5. The zero-order chi connectivity index (χ0) is 16.9. The summed E-state index contributed by atoms with van der Waals surface area (Å²) in [6.07, 6.45) is -0.132. The van der Waals surface area contributed by atoms with Crippen molar-refractivity contribution >= 4 is 44.8 Å². The average molecular weight is 357 g/mol. The molecule has 3 rings (SSSR count). The molecule has 0 radical (unpaired) electrons. The molecule has 24 heavy (non-hydrogen) atoms. The maximum atomic E-state index is 11.2. The van der Waals surface area contributed by atoms with E-state index in [1.165, 1.54) is 11.3 Å². The zero-order valence-electron chi connectivity index (χ0n) is 12.7. The van der Waals surface area contributed by atoms with Gasteiger partial charge < -0.3 is 9.84 Å². The highest BCUT2D eigenvalue weighted by molar-refractivity contribution is 7.80. The summed E-state index contributed by atoms with van der Waals surface area (Å²) in [5, 5.41) is 10.2. The van der Waals surface area contributed by atoms with Gasteiger partial charge in [0, 0.05) is 0 Å². The van der Waals surface area contributed by atoms with E-state index in [0.717, 1.165) is 15.8 Å². The molecule has 0 saturated heterocycles. The van der Waals surface area contributed by atoms with E-state index in [9.17, 15) is 9.90 Å². The fourth-order valence-corrected chi connectivity index (χ4v) is 3.71. The third-order valence-electron chi connectivity index (χ3n) is 3.50. The Balaban J connectivity index is 1.80. The summed E-state index contributed by atoms with van der Waals surface area (Å²) < 4.78 is 6.68. The Kier molecular flexibility index (Phi) is 5.17. The van der Waals surface area contributed by atoms with Gasteiger partial charge in [0.05, 0.1) is 22.6 Å². The summed E-state index contributed by atoms with van der Waals surface area (Å²) in [7, 11) is 0. The minimum Gasteiger partial charge on any atom is -0.482 e. The van der Waals surface area contributed by atoms with E-state index >= 15 is 0 Å². The highest BCUT2D eigenvalue weighted by Gasteiger charge is 2.25. The fourth-order valence-electron chi connectivity index (χ4n) is 2.31. The van der Waals surface area contributed by atoms with Gasteiger partial charge in [-0.1, -0.05) is 42.5 Å². The number of carboxylic acid groups (broad SMARTS) is 1. The van der Waals surface area contributed by atoms with Gasteiger partial charge in [-0.15, -0.1) is 11.3 Å². The molecule has 0 bridgehead atoms. The molecule has 0 saturated carbocycles. The van der Waals surface area contributed by atoms with E-state index in [0.29, 0.717) is 11.6 Å². The Hall–Kier alpha value is -2.31. The van der Waals surface area contributed by atoms with E-state index in [1.807, 2.05) is 54.6 Å². The molecule has 1 N–H and O–H groups in total. The van der Waals surface area contributed by atoms with Gasteiger partial charge in [-0.05, 0) is 29.9 Å². The normalized spacial score (nSPS) is 12.0. The molecule has 1 heterocycles. The Morgan fingerprint density at radius 1 is 1.17 bits per heavy atom. The number of aromatic nitrogens is 1. The van der Waals surface area contributed by atoms with Crippen LogP contribution < -0.4 is 0 Å². The van der Waals surface area contributed by atoms with Gasteiger partial charge in [0.15, 0.2) is 5.05 Å². The van der Waals surface area contributed by atoms with Crippen molar-refractivity contribution in [3.8, 4) is 0 Å². The number of carbonyl (C=O) groups is 1. The second-order valence-corrected chi connectivity index (χ2v) is 6.73. The van der Waals surface area contributed by atoms with Crippen LogP contribution in [0.2, 0.25) is 0 Å². The molecule has 1 atom stereocenters. The van der Waals surface area contributed by atoms with E-state index in [1.54, 1.807) is 0 Å². The van der Waals surface area contributed by atoms with Crippen molar-refractivity contribution in [2.24, 2.45) is 0 Å². The van der Waals surface area contributed by atoms with Gasteiger partial charge in [-0.3, -0.25) is 4.79 Å². The quantitative estimate of drug-likeness (QED) is 0.663. The van der Waals surface area contributed by atoms with Crippen LogP contribution in [0.25, 0.3) is 10.2 Å². The lowest BCUT2D eigenvalue weighted by molar-refractivity contribution is -0.137. The average Bonchev–Trinajstić information content (AvgIpc) is 3.02. The molecule has 0 aliphatic rings. The van der Waals surface area contributed by atoms with Crippen LogP contribution in [0, 0.1) is 0 Å². The SMILES string of the molecule is O=C(O)CC(C(=S)OCc1ccccc1)c1nc2ccccc2s1. The van der Waals surface area contributed by atoms with Crippen molar-refractivity contribution < 1.29 is 14.6 Å². The van der Waals surface area contributed by atoms with Crippen LogP contribution in [-0.4, -0.2) is 21.1 Å². The van der Waals surface area contributed by atoms with E-state index < -0.39 is 11.9 Å². The smallest absolute Gasteiger partial charge is 0.304 e. The maximum Gasteiger partial charge on any atom is 0.304 e. The van der Waals surface area contributed by atoms with Crippen molar-refractivity contribution in [2.45, 2.75) is 18.9 Å². The Morgan fingerprint density at radius 2 is 1.88 bits per heavy atom. The summed E-state index contributed by atoms with van der Waals surface area (Å²) >= 11 is 6.82. The zero-order valence-corrected chi connectivity index (χ0v) is 14.3. The van der Waals surface area contributed by atoms with Crippen LogP contribution in [0.3, 0.4) is 0 Å². The Labute approximate surface area is 148 Å². The number of carboxylic acids is 1. The van der Waals surface area contributed by atoms with Crippen molar-refractivity contribution in [1.29, 1.82) is 0 Å². The molecule has 1 aromatic heterocycles. The van der Waals surface area contributed by atoms with Gasteiger partial charge in [-0.25, -0.2) is 4.98 Å². The summed E-state index contributed by atoms with van der Waals surface area (Å²) in [6, 6.07) is 17.3. The maximum absolute atomic E-state index is 11.2. The predicted octanol–water partition coefficient (Wildman–Crippen LogP) is 4.40. The minimum atomic E-state index is -0.926. The molecule has 122 valence electrons. The first-order valence-corrected chi connectivity index (χ1v) is 8.64. The number of rotatable bonds is 6. The summed E-state index contributed by atoms with van der Waals surface area (Å²) in [4.78, 5) is 15.8. The fraction of sp³-hybridized carbons (Fsp3) is 0.167. The van der Waals surface area contributed by atoms with Crippen LogP contribution in [0.5, 0.6) is 0 Å². The van der Waals surface area contributed by atoms with Gasteiger partial charge >= 0.3 is 5.97 Å². The third kappa shape index (κ3) is 3.96. The van der Waals surface area contributed by atoms with Crippen LogP contribution in [0.15, 0.2) is 54.6 Å². The molecule has 0 aliphatic heterocycles. The van der Waals surface area contributed by atoms with E-state index in [2.05, 4.69) is 4.98 Å². The van der Waals surface area contributed by atoms with Gasteiger partial charge in [0.25, 0.3) is 0 Å². The lowest BCUT2D eigenvalue weighted by atomic mass is 10.1. The van der Waals surface area contributed by atoms with Crippen molar-refractivity contribution in [3.05, 3.63) is 65.2 Å². The first-order valence-electron chi connectivity index (χ1n) is 7.41. The van der Waals surface area contributed by atoms with Gasteiger partial charge in [-0.2, -0.15) is 0 Å². The molecule has 1 unspecified atom stereocenters.